The number of carbonyl (C=O) groups is 2. The molecule has 0 aliphatic heterocycles. The number of halogens is 2. The fraction of sp³-hybridized carbons (Fsp3) is 0.318. The first-order valence-electron chi connectivity index (χ1n) is 9.00. The number of ether oxygens (including phenoxy) is 1. The van der Waals surface area contributed by atoms with E-state index in [1.807, 2.05) is 0 Å². The maximum absolute atomic E-state index is 13.2. The minimum Gasteiger partial charge on any atom is -0.460 e. The van der Waals surface area contributed by atoms with Crippen molar-refractivity contribution in [2.24, 2.45) is 0 Å². The van der Waals surface area contributed by atoms with Gasteiger partial charge in [-0.05, 0) is 42.3 Å². The number of benzene rings is 2. The van der Waals surface area contributed by atoms with Crippen LogP contribution in [0.2, 0.25) is 10.0 Å². The van der Waals surface area contributed by atoms with Crippen molar-refractivity contribution in [3.8, 4) is 0 Å². The number of nitrogens with zero attached hydrogens (tertiary/aromatic N) is 1. The first kappa shape index (κ1) is 20.4. The van der Waals surface area contributed by atoms with Crippen LogP contribution in [0.3, 0.4) is 0 Å². The molecule has 1 aliphatic rings. The molecule has 0 aromatic heterocycles. The van der Waals surface area contributed by atoms with Crippen molar-refractivity contribution in [2.75, 3.05) is 6.61 Å². The van der Waals surface area contributed by atoms with Crippen LogP contribution in [0, 0.1) is 6.57 Å². The molecule has 0 amide bonds. The van der Waals surface area contributed by atoms with E-state index in [0.29, 0.717) is 10.0 Å². The van der Waals surface area contributed by atoms with Gasteiger partial charge in [-0.25, -0.2) is 11.4 Å². The van der Waals surface area contributed by atoms with Gasteiger partial charge in [-0.1, -0.05) is 47.5 Å². The quantitative estimate of drug-likeness (QED) is 0.492. The van der Waals surface area contributed by atoms with Gasteiger partial charge in [-0.2, -0.15) is 0 Å². The first-order valence-corrected chi connectivity index (χ1v) is 9.76. The Hall–Kier alpha value is -2.35. The summed E-state index contributed by atoms with van der Waals surface area (Å²) in [6.07, 6.45) is 0.208. The molecular weight excluding hydrogens is 397 g/mol. The smallest absolute Gasteiger partial charge is 0.394 e. The molecule has 6 heteroatoms. The van der Waals surface area contributed by atoms with Crippen LogP contribution in [0.4, 0.5) is 0 Å². The lowest BCUT2D eigenvalue weighted by Crippen LogP contribution is -2.52. The van der Waals surface area contributed by atoms with E-state index in [2.05, 4.69) is 4.85 Å². The van der Waals surface area contributed by atoms with Gasteiger partial charge in [0.1, 0.15) is 5.78 Å². The van der Waals surface area contributed by atoms with Crippen molar-refractivity contribution in [3.63, 3.8) is 0 Å². The average molecular weight is 416 g/mol. The minimum atomic E-state index is -1.54. The summed E-state index contributed by atoms with van der Waals surface area (Å²) in [4.78, 5) is 29.7. The van der Waals surface area contributed by atoms with Crippen LogP contribution in [0.25, 0.3) is 4.85 Å². The van der Waals surface area contributed by atoms with Crippen LogP contribution in [-0.2, 0) is 14.3 Å². The van der Waals surface area contributed by atoms with Gasteiger partial charge in [0, 0.05) is 22.9 Å². The molecule has 0 unspecified atom stereocenters. The third-order valence-corrected chi connectivity index (χ3v) is 5.76. The van der Waals surface area contributed by atoms with Crippen molar-refractivity contribution in [3.05, 3.63) is 81.1 Å². The molecule has 0 radical (unpaired) electrons. The third-order valence-electron chi connectivity index (χ3n) is 5.26. The Bertz CT molecular complexity index is 859. The Balaban J connectivity index is 2.20. The van der Waals surface area contributed by atoms with Crippen molar-refractivity contribution in [2.45, 2.75) is 37.1 Å². The number of ketones is 1. The highest BCUT2D eigenvalue weighted by atomic mass is 35.5. The largest absolute Gasteiger partial charge is 0.460 e. The summed E-state index contributed by atoms with van der Waals surface area (Å²) < 4.78 is 5.35. The zero-order chi connectivity index (χ0) is 20.3. The normalized spacial score (nSPS) is 21.0. The highest BCUT2D eigenvalue weighted by Crippen LogP contribution is 2.51. The van der Waals surface area contributed by atoms with Crippen LogP contribution in [0.1, 0.15) is 42.7 Å². The summed E-state index contributed by atoms with van der Waals surface area (Å²) in [5.41, 5.74) is -0.0908. The molecule has 2 atom stereocenters. The van der Waals surface area contributed by atoms with Crippen molar-refractivity contribution >= 4 is 35.0 Å². The van der Waals surface area contributed by atoms with Gasteiger partial charge in [0.05, 0.1) is 18.4 Å². The summed E-state index contributed by atoms with van der Waals surface area (Å²) in [6, 6.07) is 13.9. The summed E-state index contributed by atoms with van der Waals surface area (Å²) in [6.45, 7) is 9.89. The second kappa shape index (κ2) is 8.34. The van der Waals surface area contributed by atoms with Crippen LogP contribution >= 0.6 is 23.2 Å². The van der Waals surface area contributed by atoms with Crippen LogP contribution in [0.5, 0.6) is 0 Å². The van der Waals surface area contributed by atoms with E-state index in [-0.39, 0.29) is 25.2 Å². The number of hydrogen-bond acceptors (Lipinski definition) is 3. The van der Waals surface area contributed by atoms with Crippen LogP contribution < -0.4 is 0 Å². The van der Waals surface area contributed by atoms with Crippen LogP contribution in [0.15, 0.2) is 48.5 Å². The molecule has 0 N–H and O–H groups in total. The molecule has 0 saturated heterocycles. The first-order chi connectivity index (χ1) is 13.4. The highest BCUT2D eigenvalue weighted by Gasteiger charge is 2.64. The lowest BCUT2D eigenvalue weighted by molar-refractivity contribution is -0.151. The lowest BCUT2D eigenvalue weighted by Gasteiger charge is -2.38. The van der Waals surface area contributed by atoms with Gasteiger partial charge in [0.25, 0.3) is 0 Å². The van der Waals surface area contributed by atoms with E-state index in [9.17, 15) is 9.59 Å². The van der Waals surface area contributed by atoms with E-state index in [4.69, 9.17) is 34.5 Å². The number of carbonyl (C=O) groups excluding carboxylic acids is 2. The highest BCUT2D eigenvalue weighted by molar-refractivity contribution is 6.30. The average Bonchev–Trinajstić information content (AvgIpc) is 2.69. The Labute approximate surface area is 174 Å². The Morgan fingerprint density at radius 1 is 1.04 bits per heavy atom. The summed E-state index contributed by atoms with van der Waals surface area (Å²) in [7, 11) is 0. The summed E-state index contributed by atoms with van der Waals surface area (Å²) >= 11 is 12.0. The van der Waals surface area contributed by atoms with Crippen molar-refractivity contribution in [1.82, 2.24) is 0 Å². The standard InChI is InChI=1S/C22H19Cl2NO3/c1-3-28-21(27)22(25-2)19(14-4-8-16(23)9-5-14)12-18(26)13-20(22)15-6-10-17(24)11-7-15/h4-11,19-20H,3,12-13H2,1H3/t19-,20-/m0/s1. The van der Waals surface area contributed by atoms with Gasteiger partial charge in [0.15, 0.2) is 0 Å². The second-order valence-electron chi connectivity index (χ2n) is 6.81. The molecule has 28 heavy (non-hydrogen) atoms. The predicted molar refractivity (Wildman–Crippen MR) is 109 cm³/mol. The summed E-state index contributed by atoms with van der Waals surface area (Å²) in [5, 5.41) is 1.09. The van der Waals surface area contributed by atoms with Gasteiger partial charge in [-0.15, -0.1) is 0 Å². The number of Topliss-reactive ketones (excluding diaryl/α,β-unsaturated/α-hetero) is 1. The monoisotopic (exact) mass is 415 g/mol. The predicted octanol–water partition coefficient (Wildman–Crippen LogP) is 5.44. The fourth-order valence-electron chi connectivity index (χ4n) is 3.96. The van der Waals surface area contributed by atoms with E-state index in [1.54, 1.807) is 55.5 Å². The molecule has 0 spiro atoms. The SMILES string of the molecule is [C-]#[N+]C1(C(=O)OCC)[C@H](c2ccc(Cl)cc2)CC(=O)C[C@H]1c1ccc(Cl)cc1. The Morgan fingerprint density at radius 2 is 1.46 bits per heavy atom. The number of hydrogen-bond donors (Lipinski definition) is 0. The molecule has 2 aromatic rings. The Kier molecular flexibility index (Phi) is 6.07. The lowest BCUT2D eigenvalue weighted by atomic mass is 9.61. The van der Waals surface area contributed by atoms with Gasteiger partial charge in [-0.3, -0.25) is 9.64 Å². The molecular formula is C22H19Cl2NO3. The number of rotatable bonds is 4. The molecule has 0 heterocycles. The van der Waals surface area contributed by atoms with Gasteiger partial charge in [0.2, 0.25) is 0 Å². The molecule has 0 bridgehead atoms. The maximum Gasteiger partial charge on any atom is 0.394 e. The van der Waals surface area contributed by atoms with Crippen LogP contribution in [-0.4, -0.2) is 23.9 Å². The molecule has 1 saturated carbocycles. The summed E-state index contributed by atoms with van der Waals surface area (Å²) in [5.74, 6) is -1.84. The molecule has 2 aromatic carbocycles. The van der Waals surface area contributed by atoms with E-state index >= 15 is 0 Å². The molecule has 1 aliphatic carbocycles. The third kappa shape index (κ3) is 3.65. The van der Waals surface area contributed by atoms with Gasteiger partial charge >= 0.3 is 11.5 Å². The molecule has 144 valence electrons. The zero-order valence-corrected chi connectivity index (χ0v) is 16.8. The minimum absolute atomic E-state index is 0.00322. The number of esters is 1. The molecule has 1 fully saturated rings. The fourth-order valence-corrected chi connectivity index (χ4v) is 4.21. The van der Waals surface area contributed by atoms with Gasteiger partial charge < -0.3 is 4.74 Å². The van der Waals surface area contributed by atoms with Crippen molar-refractivity contribution < 1.29 is 14.3 Å². The second-order valence-corrected chi connectivity index (χ2v) is 7.69. The maximum atomic E-state index is 13.2. The molecule has 3 rings (SSSR count). The zero-order valence-electron chi connectivity index (χ0n) is 15.3. The van der Waals surface area contributed by atoms with E-state index in [0.717, 1.165) is 11.1 Å². The topological polar surface area (TPSA) is 47.7 Å². The van der Waals surface area contributed by atoms with E-state index in [1.165, 1.54) is 0 Å². The Morgan fingerprint density at radius 3 is 1.82 bits per heavy atom. The van der Waals surface area contributed by atoms with Crippen molar-refractivity contribution in [1.29, 1.82) is 0 Å². The van der Waals surface area contributed by atoms with E-state index < -0.39 is 23.3 Å². The molecule has 4 nitrogen and oxygen atoms in total.